The fourth-order valence-electron chi connectivity index (χ4n) is 1.89. The quantitative estimate of drug-likeness (QED) is 0.638. The van der Waals surface area contributed by atoms with E-state index in [-0.39, 0.29) is 22.2 Å². The summed E-state index contributed by atoms with van der Waals surface area (Å²) >= 11 is 6.04. The Morgan fingerprint density at radius 2 is 1.95 bits per heavy atom. The van der Waals surface area contributed by atoms with E-state index in [1.807, 2.05) is 0 Å². The lowest BCUT2D eigenvalue weighted by molar-refractivity contribution is -0.385. The average Bonchev–Trinajstić information content (AvgIpc) is 2.46. The maximum atomic E-state index is 11.1. The molecule has 0 spiro atoms. The first-order chi connectivity index (χ1) is 9.60. The fourth-order valence-corrected chi connectivity index (χ4v) is 2.16. The molecule has 0 aliphatic rings. The van der Waals surface area contributed by atoms with Crippen molar-refractivity contribution in [3.63, 3.8) is 0 Å². The fraction of sp³-hybridized carbons (Fsp3) is 0.154. The lowest BCUT2D eigenvalue weighted by atomic mass is 10.1. The van der Waals surface area contributed by atoms with Crippen LogP contribution >= 0.6 is 11.6 Å². The summed E-state index contributed by atoms with van der Waals surface area (Å²) in [7, 11) is 2.78. The third-order valence-corrected chi connectivity index (χ3v) is 2.97. The second-order valence-corrected chi connectivity index (χ2v) is 4.20. The van der Waals surface area contributed by atoms with Crippen LogP contribution < -0.4 is 9.47 Å². The highest BCUT2D eigenvalue weighted by Gasteiger charge is 2.27. The number of aromatic nitrogens is 1. The van der Waals surface area contributed by atoms with Crippen molar-refractivity contribution < 1.29 is 14.4 Å². The van der Waals surface area contributed by atoms with E-state index >= 15 is 0 Å². The predicted octanol–water partition coefficient (Wildman–Crippen LogP) is 3.33. The molecule has 0 aliphatic heterocycles. The summed E-state index contributed by atoms with van der Waals surface area (Å²) in [6.07, 6.45) is 1.57. The number of rotatable bonds is 4. The molecule has 0 aliphatic carbocycles. The average molecular weight is 295 g/mol. The first kappa shape index (κ1) is 14.1. The number of hydrogen-bond donors (Lipinski definition) is 0. The van der Waals surface area contributed by atoms with Crippen LogP contribution in [0.15, 0.2) is 30.5 Å². The van der Waals surface area contributed by atoms with Gasteiger partial charge in [-0.25, -0.2) is 0 Å². The van der Waals surface area contributed by atoms with Gasteiger partial charge >= 0.3 is 5.69 Å². The zero-order valence-corrected chi connectivity index (χ0v) is 11.5. The van der Waals surface area contributed by atoms with E-state index < -0.39 is 4.92 Å². The molecule has 2 rings (SSSR count). The molecule has 0 saturated carbocycles. The Kier molecular flexibility index (Phi) is 4.05. The lowest BCUT2D eigenvalue weighted by Gasteiger charge is -2.14. The molecule has 0 bridgehead atoms. The van der Waals surface area contributed by atoms with Crippen molar-refractivity contribution in [2.75, 3.05) is 14.2 Å². The van der Waals surface area contributed by atoms with Crippen molar-refractivity contribution >= 4 is 17.3 Å². The van der Waals surface area contributed by atoms with E-state index in [4.69, 9.17) is 21.1 Å². The number of benzene rings is 1. The molecule has 1 heterocycles. The van der Waals surface area contributed by atoms with Crippen LogP contribution in [0.25, 0.3) is 11.3 Å². The number of halogens is 1. The largest absolute Gasteiger partial charge is 0.494 e. The highest BCUT2D eigenvalue weighted by molar-refractivity contribution is 6.33. The zero-order chi connectivity index (χ0) is 14.7. The number of nitro groups is 1. The SMILES string of the molecule is COc1c(Cl)cc([N+](=O)[O-])c(OC)c1-c1ccccn1. The molecule has 0 fully saturated rings. The van der Waals surface area contributed by atoms with Crippen LogP contribution in [-0.4, -0.2) is 24.1 Å². The highest BCUT2D eigenvalue weighted by atomic mass is 35.5. The number of pyridine rings is 1. The van der Waals surface area contributed by atoms with Crippen LogP contribution in [-0.2, 0) is 0 Å². The second kappa shape index (κ2) is 5.75. The summed E-state index contributed by atoms with van der Waals surface area (Å²) in [4.78, 5) is 14.7. The minimum atomic E-state index is -0.559. The summed E-state index contributed by atoms with van der Waals surface area (Å²) in [5.74, 6) is 0.350. The molecular weight excluding hydrogens is 284 g/mol. The van der Waals surface area contributed by atoms with E-state index in [1.54, 1.807) is 24.4 Å². The minimum Gasteiger partial charge on any atom is -0.494 e. The van der Waals surface area contributed by atoms with Gasteiger partial charge in [0.1, 0.15) is 0 Å². The van der Waals surface area contributed by atoms with Gasteiger partial charge in [-0.3, -0.25) is 15.1 Å². The molecule has 0 amide bonds. The smallest absolute Gasteiger partial charge is 0.313 e. The summed E-state index contributed by atoms with van der Waals surface area (Å²) in [6.45, 7) is 0. The van der Waals surface area contributed by atoms with E-state index in [1.165, 1.54) is 20.3 Å². The molecular formula is C13H11ClN2O4. The number of nitrogens with zero attached hydrogens (tertiary/aromatic N) is 2. The van der Waals surface area contributed by atoms with Gasteiger partial charge in [0, 0.05) is 12.3 Å². The summed E-state index contributed by atoms with van der Waals surface area (Å²) in [5.41, 5.74) is 0.598. The third-order valence-electron chi connectivity index (χ3n) is 2.69. The van der Waals surface area contributed by atoms with Crippen LogP contribution in [0.2, 0.25) is 5.02 Å². The van der Waals surface area contributed by atoms with Gasteiger partial charge in [0.15, 0.2) is 5.75 Å². The van der Waals surface area contributed by atoms with Crippen molar-refractivity contribution in [2.24, 2.45) is 0 Å². The van der Waals surface area contributed by atoms with Gasteiger partial charge in [-0.05, 0) is 12.1 Å². The van der Waals surface area contributed by atoms with Gasteiger partial charge in [0.25, 0.3) is 0 Å². The van der Waals surface area contributed by atoms with Crippen LogP contribution in [0, 0.1) is 10.1 Å². The van der Waals surface area contributed by atoms with Gasteiger partial charge in [-0.2, -0.15) is 0 Å². The normalized spacial score (nSPS) is 10.2. The molecule has 0 radical (unpaired) electrons. The standard InChI is InChI=1S/C13H11ClN2O4/c1-19-12-8(14)7-10(16(17)18)13(20-2)11(12)9-5-3-4-6-15-9/h3-7H,1-2H3. The van der Waals surface area contributed by atoms with Crippen molar-refractivity contribution in [3.05, 3.63) is 45.6 Å². The Bertz CT molecular complexity index is 647. The van der Waals surface area contributed by atoms with Gasteiger partial charge in [-0.1, -0.05) is 17.7 Å². The van der Waals surface area contributed by atoms with Gasteiger partial charge in [-0.15, -0.1) is 0 Å². The molecule has 20 heavy (non-hydrogen) atoms. The molecule has 6 nitrogen and oxygen atoms in total. The maximum absolute atomic E-state index is 11.1. The summed E-state index contributed by atoms with van der Waals surface area (Å²) < 4.78 is 10.4. The Hall–Kier alpha value is -2.34. The van der Waals surface area contributed by atoms with Crippen LogP contribution in [0.3, 0.4) is 0 Å². The van der Waals surface area contributed by atoms with E-state index in [0.717, 1.165) is 0 Å². The molecule has 0 unspecified atom stereocenters. The minimum absolute atomic E-state index is 0.0648. The highest BCUT2D eigenvalue weighted by Crippen LogP contribution is 2.47. The Morgan fingerprint density at radius 3 is 2.45 bits per heavy atom. The van der Waals surface area contributed by atoms with Crippen molar-refractivity contribution in [1.29, 1.82) is 0 Å². The molecule has 2 aromatic rings. The van der Waals surface area contributed by atoms with Crippen LogP contribution in [0.4, 0.5) is 5.69 Å². The topological polar surface area (TPSA) is 74.5 Å². The molecule has 0 N–H and O–H groups in total. The second-order valence-electron chi connectivity index (χ2n) is 3.79. The maximum Gasteiger partial charge on any atom is 0.313 e. The molecule has 1 aromatic carbocycles. The van der Waals surface area contributed by atoms with E-state index in [2.05, 4.69) is 4.98 Å². The lowest BCUT2D eigenvalue weighted by Crippen LogP contribution is -2.00. The van der Waals surface area contributed by atoms with E-state index in [9.17, 15) is 10.1 Å². The van der Waals surface area contributed by atoms with Gasteiger partial charge in [0.2, 0.25) is 5.75 Å². The third kappa shape index (κ3) is 2.37. The number of ether oxygens (including phenoxy) is 2. The first-order valence-corrected chi connectivity index (χ1v) is 5.98. The summed E-state index contributed by atoms with van der Waals surface area (Å²) in [6, 6.07) is 6.39. The molecule has 0 saturated heterocycles. The Balaban J connectivity index is 2.84. The van der Waals surface area contributed by atoms with Crippen LogP contribution in [0.1, 0.15) is 0 Å². The van der Waals surface area contributed by atoms with Crippen molar-refractivity contribution in [2.45, 2.75) is 0 Å². The van der Waals surface area contributed by atoms with Gasteiger partial charge in [0.05, 0.1) is 35.4 Å². The molecule has 1 aromatic heterocycles. The van der Waals surface area contributed by atoms with Crippen molar-refractivity contribution in [3.8, 4) is 22.8 Å². The number of hydrogen-bond acceptors (Lipinski definition) is 5. The Morgan fingerprint density at radius 1 is 1.25 bits per heavy atom. The monoisotopic (exact) mass is 294 g/mol. The van der Waals surface area contributed by atoms with Crippen molar-refractivity contribution in [1.82, 2.24) is 4.98 Å². The molecule has 0 atom stereocenters. The molecule has 7 heteroatoms. The summed E-state index contributed by atoms with van der Waals surface area (Å²) in [5, 5.41) is 11.2. The van der Waals surface area contributed by atoms with Gasteiger partial charge < -0.3 is 9.47 Å². The van der Waals surface area contributed by atoms with Crippen LogP contribution in [0.5, 0.6) is 11.5 Å². The van der Waals surface area contributed by atoms with E-state index in [0.29, 0.717) is 11.3 Å². The Labute approximate surface area is 120 Å². The predicted molar refractivity (Wildman–Crippen MR) is 74.4 cm³/mol. The number of methoxy groups -OCH3 is 2. The first-order valence-electron chi connectivity index (χ1n) is 5.60. The molecule has 104 valence electrons. The zero-order valence-electron chi connectivity index (χ0n) is 10.8. The number of nitro benzene ring substituents is 1.